The third-order valence-corrected chi connectivity index (χ3v) is 6.48. The summed E-state index contributed by atoms with van der Waals surface area (Å²) in [6, 6.07) is 18.2. The molecule has 0 aliphatic rings. The molecule has 0 unspecified atom stereocenters. The van der Waals surface area contributed by atoms with Crippen molar-refractivity contribution in [2.24, 2.45) is 0 Å². The lowest BCUT2D eigenvalue weighted by atomic mass is 10.1. The van der Waals surface area contributed by atoms with Crippen molar-refractivity contribution in [3.8, 4) is 5.75 Å². The summed E-state index contributed by atoms with van der Waals surface area (Å²) in [6.45, 7) is 5.98. The van der Waals surface area contributed by atoms with Crippen molar-refractivity contribution in [2.45, 2.75) is 26.8 Å². The number of nitrogens with zero attached hydrogens (tertiary/aromatic N) is 1. The van der Waals surface area contributed by atoms with E-state index in [1.54, 1.807) is 19.1 Å². The van der Waals surface area contributed by atoms with Gasteiger partial charge in [0.2, 0.25) is 15.9 Å². The Bertz CT molecular complexity index is 1190. The molecule has 0 fully saturated rings. The van der Waals surface area contributed by atoms with Crippen LogP contribution in [0.15, 0.2) is 60.7 Å². The zero-order chi connectivity index (χ0) is 22.6. The molecule has 6 nitrogen and oxygen atoms in total. The SMILES string of the molecule is Cc1ccc(N([C@@H](C)C(=O)NCCOc2cccc3ccccc23)S(C)(=O)=O)cc1C. The Balaban J connectivity index is 1.65. The molecule has 0 spiro atoms. The fraction of sp³-hybridized carbons (Fsp3) is 0.292. The second-order valence-electron chi connectivity index (χ2n) is 7.62. The number of rotatable bonds is 8. The molecule has 3 aromatic rings. The predicted molar refractivity (Wildman–Crippen MR) is 125 cm³/mol. The molecule has 1 N–H and O–H groups in total. The van der Waals surface area contributed by atoms with Crippen molar-refractivity contribution < 1.29 is 17.9 Å². The fourth-order valence-electron chi connectivity index (χ4n) is 3.48. The molecule has 0 aliphatic carbocycles. The monoisotopic (exact) mass is 440 g/mol. The molecule has 0 aromatic heterocycles. The van der Waals surface area contributed by atoms with Crippen LogP contribution in [-0.4, -0.2) is 39.8 Å². The Morgan fingerprint density at radius 3 is 2.45 bits per heavy atom. The van der Waals surface area contributed by atoms with Crippen LogP contribution in [0.3, 0.4) is 0 Å². The summed E-state index contributed by atoms with van der Waals surface area (Å²) in [5, 5.41) is 4.86. The van der Waals surface area contributed by atoms with E-state index in [0.29, 0.717) is 5.69 Å². The van der Waals surface area contributed by atoms with Crippen LogP contribution in [0.25, 0.3) is 10.8 Å². The van der Waals surface area contributed by atoms with Crippen LogP contribution in [0.4, 0.5) is 5.69 Å². The highest BCUT2D eigenvalue weighted by molar-refractivity contribution is 7.92. The van der Waals surface area contributed by atoms with Crippen LogP contribution >= 0.6 is 0 Å². The van der Waals surface area contributed by atoms with Gasteiger partial charge >= 0.3 is 0 Å². The first-order valence-electron chi connectivity index (χ1n) is 10.1. The summed E-state index contributed by atoms with van der Waals surface area (Å²) in [5.74, 6) is 0.360. The van der Waals surface area contributed by atoms with Crippen molar-refractivity contribution in [1.82, 2.24) is 5.32 Å². The maximum absolute atomic E-state index is 12.7. The van der Waals surface area contributed by atoms with Gasteiger partial charge < -0.3 is 10.1 Å². The average Bonchev–Trinajstić information content (AvgIpc) is 2.72. The number of ether oxygens (including phenoxy) is 1. The quantitative estimate of drug-likeness (QED) is 0.541. The normalized spacial score (nSPS) is 12.4. The van der Waals surface area contributed by atoms with Gasteiger partial charge in [0.15, 0.2) is 0 Å². The molecule has 3 rings (SSSR count). The van der Waals surface area contributed by atoms with E-state index in [4.69, 9.17) is 4.74 Å². The van der Waals surface area contributed by atoms with Crippen LogP contribution in [0.1, 0.15) is 18.1 Å². The smallest absolute Gasteiger partial charge is 0.243 e. The van der Waals surface area contributed by atoms with Gasteiger partial charge in [0.1, 0.15) is 18.4 Å². The summed E-state index contributed by atoms with van der Waals surface area (Å²) in [7, 11) is -3.65. The largest absolute Gasteiger partial charge is 0.491 e. The van der Waals surface area contributed by atoms with Crippen molar-refractivity contribution in [1.29, 1.82) is 0 Å². The molecule has 0 saturated carbocycles. The van der Waals surface area contributed by atoms with E-state index in [2.05, 4.69) is 5.32 Å². The first kappa shape index (κ1) is 22.6. The van der Waals surface area contributed by atoms with Gasteiger partial charge in [-0.05, 0) is 55.5 Å². The van der Waals surface area contributed by atoms with E-state index >= 15 is 0 Å². The van der Waals surface area contributed by atoms with Crippen LogP contribution in [0.2, 0.25) is 0 Å². The lowest BCUT2D eigenvalue weighted by Gasteiger charge is -2.28. The second kappa shape index (κ2) is 9.39. The molecule has 31 heavy (non-hydrogen) atoms. The molecule has 0 bridgehead atoms. The van der Waals surface area contributed by atoms with E-state index in [9.17, 15) is 13.2 Å². The summed E-state index contributed by atoms with van der Waals surface area (Å²) in [5.41, 5.74) is 2.49. The summed E-state index contributed by atoms with van der Waals surface area (Å²) < 4.78 is 31.9. The van der Waals surface area contributed by atoms with Gasteiger partial charge in [0.25, 0.3) is 0 Å². The molecular formula is C24H28N2O4S. The zero-order valence-electron chi connectivity index (χ0n) is 18.3. The number of hydrogen-bond donors (Lipinski definition) is 1. The number of benzene rings is 3. The van der Waals surface area contributed by atoms with Gasteiger partial charge in [-0.3, -0.25) is 9.10 Å². The number of nitrogens with one attached hydrogen (secondary N) is 1. The molecule has 0 saturated heterocycles. The highest BCUT2D eigenvalue weighted by Gasteiger charge is 2.29. The topological polar surface area (TPSA) is 75.7 Å². The van der Waals surface area contributed by atoms with E-state index in [-0.39, 0.29) is 19.1 Å². The third-order valence-electron chi connectivity index (χ3n) is 5.24. The lowest BCUT2D eigenvalue weighted by Crippen LogP contribution is -2.48. The van der Waals surface area contributed by atoms with E-state index in [1.807, 2.05) is 62.4 Å². The average molecular weight is 441 g/mol. The van der Waals surface area contributed by atoms with Crippen molar-refractivity contribution in [3.63, 3.8) is 0 Å². The zero-order valence-corrected chi connectivity index (χ0v) is 19.1. The number of fused-ring (bicyclic) bond motifs is 1. The van der Waals surface area contributed by atoms with Crippen molar-refractivity contribution in [2.75, 3.05) is 23.7 Å². The maximum atomic E-state index is 12.7. The van der Waals surface area contributed by atoms with Gasteiger partial charge in [-0.15, -0.1) is 0 Å². The number of hydrogen-bond acceptors (Lipinski definition) is 4. The predicted octanol–water partition coefficient (Wildman–Crippen LogP) is 3.81. The van der Waals surface area contributed by atoms with E-state index in [0.717, 1.165) is 38.2 Å². The molecule has 0 aliphatic heterocycles. The Kier molecular flexibility index (Phi) is 6.85. The second-order valence-corrected chi connectivity index (χ2v) is 9.48. The van der Waals surface area contributed by atoms with Gasteiger partial charge in [0, 0.05) is 5.39 Å². The number of carbonyl (C=O) groups excluding carboxylic acids is 1. The van der Waals surface area contributed by atoms with E-state index in [1.165, 1.54) is 0 Å². The highest BCUT2D eigenvalue weighted by atomic mass is 32.2. The number of carbonyl (C=O) groups is 1. The molecular weight excluding hydrogens is 412 g/mol. The van der Waals surface area contributed by atoms with E-state index < -0.39 is 16.1 Å². The van der Waals surface area contributed by atoms with Gasteiger partial charge in [-0.25, -0.2) is 8.42 Å². The summed E-state index contributed by atoms with van der Waals surface area (Å²) in [4.78, 5) is 12.7. The maximum Gasteiger partial charge on any atom is 0.243 e. The molecule has 0 radical (unpaired) electrons. The fourth-order valence-corrected chi connectivity index (χ4v) is 4.64. The number of aryl methyl sites for hydroxylation is 2. The minimum atomic E-state index is -3.65. The Morgan fingerprint density at radius 1 is 1.03 bits per heavy atom. The van der Waals surface area contributed by atoms with Crippen LogP contribution in [0, 0.1) is 13.8 Å². The lowest BCUT2D eigenvalue weighted by molar-refractivity contribution is -0.121. The highest BCUT2D eigenvalue weighted by Crippen LogP contribution is 2.25. The number of anilines is 1. The van der Waals surface area contributed by atoms with Gasteiger partial charge in [0.05, 0.1) is 18.5 Å². The Morgan fingerprint density at radius 2 is 1.74 bits per heavy atom. The van der Waals surface area contributed by atoms with Crippen molar-refractivity contribution in [3.05, 3.63) is 71.8 Å². The Labute approximate surface area is 183 Å². The first-order valence-corrected chi connectivity index (χ1v) is 12.0. The van der Waals surface area contributed by atoms with Gasteiger partial charge in [-0.1, -0.05) is 42.5 Å². The Hall–Kier alpha value is -3.06. The molecule has 3 aromatic carbocycles. The molecule has 1 amide bonds. The number of amides is 1. The molecule has 1 atom stereocenters. The van der Waals surface area contributed by atoms with Crippen LogP contribution in [-0.2, 0) is 14.8 Å². The standard InChI is InChI=1S/C24H28N2O4S/c1-17-12-13-21(16-18(17)2)26(31(4,28)29)19(3)24(27)25-14-15-30-23-11-7-9-20-8-5-6-10-22(20)23/h5-13,16,19H,14-15H2,1-4H3,(H,25,27)/t19-/m0/s1. The minimum absolute atomic E-state index is 0.261. The van der Waals surface area contributed by atoms with Gasteiger partial charge in [-0.2, -0.15) is 0 Å². The number of sulfonamides is 1. The van der Waals surface area contributed by atoms with Crippen LogP contribution in [0.5, 0.6) is 5.75 Å². The third kappa shape index (κ3) is 5.35. The summed E-state index contributed by atoms with van der Waals surface area (Å²) >= 11 is 0. The molecule has 7 heteroatoms. The molecule has 0 heterocycles. The minimum Gasteiger partial charge on any atom is -0.491 e. The van der Waals surface area contributed by atoms with Crippen LogP contribution < -0.4 is 14.4 Å². The molecule has 164 valence electrons. The first-order chi connectivity index (χ1) is 14.7. The summed E-state index contributed by atoms with van der Waals surface area (Å²) in [6.07, 6.45) is 1.11. The van der Waals surface area contributed by atoms with Crippen molar-refractivity contribution >= 4 is 32.4 Å².